The molecule has 0 radical (unpaired) electrons. The molecule has 0 saturated carbocycles. The van der Waals surface area contributed by atoms with Crippen molar-refractivity contribution in [2.45, 2.75) is 34.1 Å². The average Bonchev–Trinajstić information content (AvgIpc) is 1.65. The summed E-state index contributed by atoms with van der Waals surface area (Å²) in [6.45, 7) is 8.75. The van der Waals surface area contributed by atoms with E-state index >= 15 is 0 Å². The SMILES string of the molecule is CCC(C)C=C(C)C. The zero-order valence-corrected chi connectivity index (χ0v) is 6.36. The minimum Gasteiger partial charge on any atom is -0.0831 e. The van der Waals surface area contributed by atoms with Crippen LogP contribution in [-0.4, -0.2) is 0 Å². The molecule has 0 heteroatoms. The molecule has 0 spiro atoms. The normalized spacial score (nSPS) is 13.0. The first-order valence-corrected chi connectivity index (χ1v) is 3.31. The number of allylic oxidation sites excluding steroid dienone is 2. The Morgan fingerprint density at radius 1 is 1.50 bits per heavy atom. The Kier molecular flexibility index (Phi) is 3.59. The van der Waals surface area contributed by atoms with Gasteiger partial charge in [-0.25, -0.2) is 0 Å². The van der Waals surface area contributed by atoms with Crippen LogP contribution in [-0.2, 0) is 0 Å². The third kappa shape index (κ3) is 3.91. The lowest BCUT2D eigenvalue weighted by molar-refractivity contribution is 0.693. The Bertz CT molecular complexity index is 76.0. The van der Waals surface area contributed by atoms with E-state index in [-0.39, 0.29) is 0 Å². The zero-order chi connectivity index (χ0) is 6.57. The summed E-state index contributed by atoms with van der Waals surface area (Å²) in [5.41, 5.74) is 1.43. The second kappa shape index (κ2) is 3.71. The van der Waals surface area contributed by atoms with E-state index in [0.717, 1.165) is 5.92 Å². The second-order valence-corrected chi connectivity index (χ2v) is 2.63. The third-order valence-electron chi connectivity index (χ3n) is 1.26. The first-order valence-electron chi connectivity index (χ1n) is 3.31. The lowest BCUT2D eigenvalue weighted by Gasteiger charge is -1.99. The van der Waals surface area contributed by atoms with Gasteiger partial charge in [0, 0.05) is 0 Å². The summed E-state index contributed by atoms with van der Waals surface area (Å²) in [5.74, 6) is 0.764. The van der Waals surface area contributed by atoms with Gasteiger partial charge < -0.3 is 0 Å². The van der Waals surface area contributed by atoms with Gasteiger partial charge in [0.15, 0.2) is 0 Å². The van der Waals surface area contributed by atoms with Gasteiger partial charge in [0.1, 0.15) is 0 Å². The maximum atomic E-state index is 2.31. The summed E-state index contributed by atoms with van der Waals surface area (Å²) >= 11 is 0. The van der Waals surface area contributed by atoms with Crippen molar-refractivity contribution in [2.75, 3.05) is 0 Å². The molecule has 0 saturated heterocycles. The molecule has 8 heavy (non-hydrogen) atoms. The molecule has 0 bridgehead atoms. The second-order valence-electron chi connectivity index (χ2n) is 2.63. The van der Waals surface area contributed by atoms with E-state index in [2.05, 4.69) is 33.8 Å². The molecule has 0 aromatic heterocycles. The number of rotatable bonds is 2. The molecule has 0 rings (SSSR count). The van der Waals surface area contributed by atoms with Crippen LogP contribution in [0.2, 0.25) is 0 Å². The molecule has 0 aliphatic carbocycles. The third-order valence-corrected chi connectivity index (χ3v) is 1.26. The van der Waals surface area contributed by atoms with Gasteiger partial charge >= 0.3 is 0 Å². The molecule has 0 amide bonds. The van der Waals surface area contributed by atoms with Crippen molar-refractivity contribution in [3.05, 3.63) is 11.6 Å². The summed E-state index contributed by atoms with van der Waals surface area (Å²) in [5, 5.41) is 0. The van der Waals surface area contributed by atoms with Crippen molar-refractivity contribution < 1.29 is 0 Å². The van der Waals surface area contributed by atoms with Crippen molar-refractivity contribution in [1.29, 1.82) is 0 Å². The molecule has 0 fully saturated rings. The highest BCUT2D eigenvalue weighted by atomic mass is 14.0. The fourth-order valence-electron chi connectivity index (χ4n) is 0.687. The maximum absolute atomic E-state index is 2.31. The zero-order valence-electron chi connectivity index (χ0n) is 6.36. The monoisotopic (exact) mass is 112 g/mol. The molecule has 0 aromatic rings. The predicted molar refractivity (Wildman–Crippen MR) is 38.9 cm³/mol. The standard InChI is InChI=1S/C8H16/c1-5-8(4)6-7(2)3/h6,8H,5H2,1-4H3. The molecule has 0 heterocycles. The van der Waals surface area contributed by atoms with Gasteiger partial charge in [0.05, 0.1) is 0 Å². The highest BCUT2D eigenvalue weighted by molar-refractivity contribution is 4.95. The summed E-state index contributed by atoms with van der Waals surface area (Å²) in [6.07, 6.45) is 3.56. The van der Waals surface area contributed by atoms with Crippen LogP contribution in [0.5, 0.6) is 0 Å². The lowest BCUT2D eigenvalue weighted by atomic mass is 10.1. The van der Waals surface area contributed by atoms with Crippen molar-refractivity contribution in [3.8, 4) is 0 Å². The first-order chi connectivity index (χ1) is 3.66. The number of hydrogen-bond acceptors (Lipinski definition) is 0. The molecular formula is C8H16. The van der Waals surface area contributed by atoms with Gasteiger partial charge in [-0.15, -0.1) is 0 Å². The molecule has 0 aliphatic rings. The topological polar surface area (TPSA) is 0 Å². The van der Waals surface area contributed by atoms with Gasteiger partial charge in [-0.1, -0.05) is 31.9 Å². The predicted octanol–water partition coefficient (Wildman–Crippen LogP) is 3.00. The van der Waals surface area contributed by atoms with E-state index in [1.807, 2.05) is 0 Å². The van der Waals surface area contributed by atoms with Crippen LogP contribution in [0.4, 0.5) is 0 Å². The number of hydrogen-bond donors (Lipinski definition) is 0. The molecule has 1 atom stereocenters. The van der Waals surface area contributed by atoms with Gasteiger partial charge in [0.2, 0.25) is 0 Å². The molecule has 1 unspecified atom stereocenters. The van der Waals surface area contributed by atoms with Crippen LogP contribution in [0.25, 0.3) is 0 Å². The van der Waals surface area contributed by atoms with Crippen molar-refractivity contribution >= 4 is 0 Å². The van der Waals surface area contributed by atoms with Gasteiger partial charge in [0.25, 0.3) is 0 Å². The molecule has 0 N–H and O–H groups in total. The van der Waals surface area contributed by atoms with Crippen LogP contribution in [0.1, 0.15) is 34.1 Å². The fourth-order valence-corrected chi connectivity index (χ4v) is 0.687. The van der Waals surface area contributed by atoms with Crippen molar-refractivity contribution in [1.82, 2.24) is 0 Å². The lowest BCUT2D eigenvalue weighted by Crippen LogP contribution is -1.84. The molecular weight excluding hydrogens is 96.1 g/mol. The Morgan fingerprint density at radius 2 is 2.00 bits per heavy atom. The smallest absolute Gasteiger partial charge is 0.0262 e. The van der Waals surface area contributed by atoms with Crippen molar-refractivity contribution in [3.63, 3.8) is 0 Å². The maximum Gasteiger partial charge on any atom is -0.0262 e. The van der Waals surface area contributed by atoms with E-state index in [0.29, 0.717) is 0 Å². The summed E-state index contributed by atoms with van der Waals surface area (Å²) in [6, 6.07) is 0. The largest absolute Gasteiger partial charge is 0.0831 e. The fraction of sp³-hybridized carbons (Fsp3) is 0.750. The molecule has 0 aliphatic heterocycles. The Balaban J connectivity index is 3.51. The minimum absolute atomic E-state index is 0.764. The molecule has 0 nitrogen and oxygen atoms in total. The highest BCUT2D eigenvalue weighted by Gasteiger charge is 1.89. The van der Waals surface area contributed by atoms with Crippen molar-refractivity contribution in [2.24, 2.45) is 5.92 Å². The minimum atomic E-state index is 0.764. The summed E-state index contributed by atoms with van der Waals surface area (Å²) < 4.78 is 0. The van der Waals surface area contributed by atoms with E-state index in [9.17, 15) is 0 Å². The van der Waals surface area contributed by atoms with Crippen LogP contribution in [0.3, 0.4) is 0 Å². The van der Waals surface area contributed by atoms with Crippen LogP contribution >= 0.6 is 0 Å². The Morgan fingerprint density at radius 3 is 2.12 bits per heavy atom. The Hall–Kier alpha value is -0.260. The van der Waals surface area contributed by atoms with Crippen LogP contribution < -0.4 is 0 Å². The van der Waals surface area contributed by atoms with Gasteiger partial charge in [-0.3, -0.25) is 0 Å². The van der Waals surface area contributed by atoms with E-state index in [1.165, 1.54) is 12.0 Å². The van der Waals surface area contributed by atoms with Crippen LogP contribution in [0.15, 0.2) is 11.6 Å². The van der Waals surface area contributed by atoms with Crippen LogP contribution in [0, 0.1) is 5.92 Å². The molecule has 0 aromatic carbocycles. The highest BCUT2D eigenvalue weighted by Crippen LogP contribution is 2.04. The van der Waals surface area contributed by atoms with E-state index in [1.54, 1.807) is 0 Å². The van der Waals surface area contributed by atoms with E-state index in [4.69, 9.17) is 0 Å². The quantitative estimate of drug-likeness (QED) is 0.482. The van der Waals surface area contributed by atoms with E-state index < -0.39 is 0 Å². The summed E-state index contributed by atoms with van der Waals surface area (Å²) in [7, 11) is 0. The Labute approximate surface area is 52.6 Å². The molecule has 48 valence electrons. The average molecular weight is 112 g/mol. The first kappa shape index (κ1) is 7.74. The summed E-state index contributed by atoms with van der Waals surface area (Å²) in [4.78, 5) is 0. The van der Waals surface area contributed by atoms with Gasteiger partial charge in [-0.2, -0.15) is 0 Å². The van der Waals surface area contributed by atoms with Gasteiger partial charge in [-0.05, 0) is 19.8 Å².